The fourth-order valence-corrected chi connectivity index (χ4v) is 2.65. The number of carbonyl (C=O) groups is 2. The molecular weight excluding hydrogens is 288 g/mol. The van der Waals surface area contributed by atoms with Crippen molar-refractivity contribution in [2.75, 3.05) is 13.1 Å². The summed E-state index contributed by atoms with van der Waals surface area (Å²) in [7, 11) is 0. The molecule has 0 radical (unpaired) electrons. The van der Waals surface area contributed by atoms with Crippen LogP contribution in [0.5, 0.6) is 0 Å². The average molecular weight is 309 g/mol. The van der Waals surface area contributed by atoms with Crippen LogP contribution in [0.15, 0.2) is 24.3 Å². The summed E-state index contributed by atoms with van der Waals surface area (Å²) in [5, 5.41) is 3.70. The van der Waals surface area contributed by atoms with Crippen molar-refractivity contribution in [2.45, 2.75) is 32.7 Å². The van der Waals surface area contributed by atoms with E-state index in [1.807, 2.05) is 24.3 Å². The summed E-state index contributed by atoms with van der Waals surface area (Å²) in [6.07, 6.45) is 1.36. The number of hydrogen-bond donors (Lipinski definition) is 1. The Balaban J connectivity index is 1.70. The lowest BCUT2D eigenvalue weighted by molar-refractivity contribution is -0.136. The zero-order chi connectivity index (χ0) is 15.4. The molecule has 0 saturated carbocycles. The molecule has 114 valence electrons. The molecule has 1 saturated heterocycles. The summed E-state index contributed by atoms with van der Waals surface area (Å²) >= 11 is 5.85. The van der Waals surface area contributed by atoms with Gasteiger partial charge in [0.15, 0.2) is 0 Å². The second kappa shape index (κ2) is 6.94. The number of rotatable bonds is 5. The van der Waals surface area contributed by atoms with Gasteiger partial charge in [-0.25, -0.2) is 0 Å². The lowest BCUT2D eigenvalue weighted by atomic mass is 9.97. The smallest absolute Gasteiger partial charge is 0.220 e. The average Bonchev–Trinajstić information content (AvgIpc) is 2.35. The standard InChI is InChI=1S/C16H21ClN2O2/c1-11(7-13-3-5-14(17)6-4-13)8-16(21)18-15-9-19(10-15)12(2)20/h3-6,11,15H,7-10H2,1-2H3,(H,18,21)/t11-/m1/s1. The molecule has 5 heteroatoms. The van der Waals surface area contributed by atoms with Gasteiger partial charge < -0.3 is 10.2 Å². The van der Waals surface area contributed by atoms with Crippen molar-refractivity contribution in [1.29, 1.82) is 0 Å². The van der Waals surface area contributed by atoms with Crippen LogP contribution in [0.3, 0.4) is 0 Å². The Hall–Kier alpha value is -1.55. The van der Waals surface area contributed by atoms with E-state index in [-0.39, 0.29) is 23.8 Å². The molecule has 1 aliphatic heterocycles. The molecule has 0 aliphatic carbocycles. The molecule has 0 aromatic heterocycles. The Kier molecular flexibility index (Phi) is 5.23. The predicted octanol–water partition coefficient (Wildman–Crippen LogP) is 2.26. The summed E-state index contributed by atoms with van der Waals surface area (Å²) < 4.78 is 0. The second-order valence-electron chi connectivity index (χ2n) is 5.83. The highest BCUT2D eigenvalue weighted by molar-refractivity contribution is 6.30. The van der Waals surface area contributed by atoms with Gasteiger partial charge >= 0.3 is 0 Å². The van der Waals surface area contributed by atoms with E-state index in [1.54, 1.807) is 11.8 Å². The Labute approximate surface area is 130 Å². The van der Waals surface area contributed by atoms with Gasteiger partial charge in [0.25, 0.3) is 0 Å². The van der Waals surface area contributed by atoms with Crippen molar-refractivity contribution in [3.05, 3.63) is 34.9 Å². The number of hydrogen-bond acceptors (Lipinski definition) is 2. The SMILES string of the molecule is CC(=O)N1CC(NC(=O)C[C@H](C)Cc2ccc(Cl)cc2)C1. The minimum atomic E-state index is 0.0599. The first-order chi connectivity index (χ1) is 9.94. The van der Waals surface area contributed by atoms with Gasteiger partial charge in [0, 0.05) is 31.5 Å². The van der Waals surface area contributed by atoms with E-state index in [2.05, 4.69) is 12.2 Å². The van der Waals surface area contributed by atoms with Gasteiger partial charge in [-0.05, 0) is 30.0 Å². The van der Waals surface area contributed by atoms with Gasteiger partial charge in [-0.2, -0.15) is 0 Å². The summed E-state index contributed by atoms with van der Waals surface area (Å²) in [6.45, 7) is 4.88. The number of nitrogens with zero attached hydrogens (tertiary/aromatic N) is 1. The second-order valence-corrected chi connectivity index (χ2v) is 6.26. The van der Waals surface area contributed by atoms with Crippen molar-refractivity contribution in [1.82, 2.24) is 10.2 Å². The molecule has 2 amide bonds. The third-order valence-electron chi connectivity index (χ3n) is 3.72. The predicted molar refractivity (Wildman–Crippen MR) is 83.1 cm³/mol. The van der Waals surface area contributed by atoms with E-state index in [0.29, 0.717) is 19.5 Å². The molecule has 1 atom stereocenters. The maximum atomic E-state index is 11.9. The van der Waals surface area contributed by atoms with Gasteiger partial charge in [-0.3, -0.25) is 9.59 Å². The van der Waals surface area contributed by atoms with E-state index >= 15 is 0 Å². The first-order valence-corrected chi connectivity index (χ1v) is 7.61. The summed E-state index contributed by atoms with van der Waals surface area (Å²) in [6, 6.07) is 7.84. The van der Waals surface area contributed by atoms with E-state index in [1.165, 1.54) is 5.56 Å². The number of likely N-dealkylation sites (tertiary alicyclic amines) is 1. The summed E-state index contributed by atoms with van der Waals surface area (Å²) in [5.41, 5.74) is 1.19. The summed E-state index contributed by atoms with van der Waals surface area (Å²) in [5.74, 6) is 0.399. The van der Waals surface area contributed by atoms with E-state index in [9.17, 15) is 9.59 Å². The van der Waals surface area contributed by atoms with Crippen LogP contribution in [-0.2, 0) is 16.0 Å². The molecule has 2 rings (SSSR count). The number of carbonyl (C=O) groups excluding carboxylic acids is 2. The van der Waals surface area contributed by atoms with Crippen LogP contribution in [-0.4, -0.2) is 35.8 Å². The molecule has 1 aliphatic rings. The van der Waals surface area contributed by atoms with Crippen LogP contribution in [0.4, 0.5) is 0 Å². The largest absolute Gasteiger partial charge is 0.350 e. The minimum absolute atomic E-state index is 0.0599. The molecule has 4 nitrogen and oxygen atoms in total. The van der Waals surface area contributed by atoms with Crippen molar-refractivity contribution >= 4 is 23.4 Å². The molecule has 1 fully saturated rings. The van der Waals surface area contributed by atoms with Gasteiger partial charge in [-0.15, -0.1) is 0 Å². The zero-order valence-corrected chi connectivity index (χ0v) is 13.2. The fraction of sp³-hybridized carbons (Fsp3) is 0.500. The van der Waals surface area contributed by atoms with Crippen molar-refractivity contribution in [3.63, 3.8) is 0 Å². The van der Waals surface area contributed by atoms with Gasteiger partial charge in [0.05, 0.1) is 6.04 Å². The molecular formula is C16H21ClN2O2. The highest BCUT2D eigenvalue weighted by Crippen LogP contribution is 2.16. The lowest BCUT2D eigenvalue weighted by Crippen LogP contribution is -2.60. The van der Waals surface area contributed by atoms with Crippen LogP contribution in [0.1, 0.15) is 25.8 Å². The molecule has 1 heterocycles. The third kappa shape index (κ3) is 4.74. The third-order valence-corrected chi connectivity index (χ3v) is 3.98. The van der Waals surface area contributed by atoms with E-state index in [0.717, 1.165) is 11.4 Å². The van der Waals surface area contributed by atoms with Crippen molar-refractivity contribution < 1.29 is 9.59 Å². The maximum absolute atomic E-state index is 11.9. The van der Waals surface area contributed by atoms with E-state index in [4.69, 9.17) is 11.6 Å². The molecule has 1 N–H and O–H groups in total. The lowest BCUT2D eigenvalue weighted by Gasteiger charge is -2.39. The van der Waals surface area contributed by atoms with E-state index < -0.39 is 0 Å². The van der Waals surface area contributed by atoms with Gasteiger partial charge in [-0.1, -0.05) is 30.7 Å². The monoisotopic (exact) mass is 308 g/mol. The molecule has 1 aromatic rings. The normalized spacial score (nSPS) is 16.2. The number of nitrogens with one attached hydrogen (secondary N) is 1. The quantitative estimate of drug-likeness (QED) is 0.907. The van der Waals surface area contributed by atoms with Crippen LogP contribution >= 0.6 is 11.6 Å². The first kappa shape index (κ1) is 15.8. The molecule has 1 aromatic carbocycles. The summed E-state index contributed by atoms with van der Waals surface area (Å²) in [4.78, 5) is 24.7. The Bertz CT molecular complexity index is 510. The van der Waals surface area contributed by atoms with Crippen LogP contribution in [0, 0.1) is 5.92 Å². The van der Waals surface area contributed by atoms with Crippen LogP contribution in [0.25, 0.3) is 0 Å². The topological polar surface area (TPSA) is 49.4 Å². The van der Waals surface area contributed by atoms with Crippen molar-refractivity contribution in [3.8, 4) is 0 Å². The maximum Gasteiger partial charge on any atom is 0.220 e. The number of halogens is 1. The molecule has 21 heavy (non-hydrogen) atoms. The zero-order valence-electron chi connectivity index (χ0n) is 12.4. The van der Waals surface area contributed by atoms with Gasteiger partial charge in [0.2, 0.25) is 11.8 Å². The molecule has 0 bridgehead atoms. The number of benzene rings is 1. The first-order valence-electron chi connectivity index (χ1n) is 7.23. The minimum Gasteiger partial charge on any atom is -0.350 e. The van der Waals surface area contributed by atoms with Crippen LogP contribution < -0.4 is 5.32 Å². The van der Waals surface area contributed by atoms with Crippen molar-refractivity contribution in [2.24, 2.45) is 5.92 Å². The molecule has 0 unspecified atom stereocenters. The Morgan fingerprint density at radius 2 is 1.95 bits per heavy atom. The Morgan fingerprint density at radius 1 is 1.33 bits per heavy atom. The van der Waals surface area contributed by atoms with Gasteiger partial charge in [0.1, 0.15) is 0 Å². The fourth-order valence-electron chi connectivity index (χ4n) is 2.53. The highest BCUT2D eigenvalue weighted by atomic mass is 35.5. The van der Waals surface area contributed by atoms with Crippen LogP contribution in [0.2, 0.25) is 5.02 Å². The highest BCUT2D eigenvalue weighted by Gasteiger charge is 2.29. The molecule has 0 spiro atoms. The Morgan fingerprint density at radius 3 is 2.52 bits per heavy atom. The number of amides is 2.